The van der Waals surface area contributed by atoms with Gasteiger partial charge in [0.1, 0.15) is 0 Å². The molecule has 5 nitrogen and oxygen atoms in total. The molecule has 0 bridgehead atoms. The van der Waals surface area contributed by atoms with Crippen LogP contribution in [0.25, 0.3) is 0 Å². The fraction of sp³-hybridized carbons (Fsp3) is 0.900. The molecule has 1 unspecified atom stereocenters. The van der Waals surface area contributed by atoms with Gasteiger partial charge >= 0.3 is 13.9 Å². The molecule has 9 heteroatoms. The number of alkyl halides is 3. The highest BCUT2D eigenvalue weighted by atomic mass is 31.2. The Bertz CT molecular complexity index is 384. The Balaban J connectivity index is 5.44. The Kier molecular flexibility index (Phi) is 6.94. The summed E-state index contributed by atoms with van der Waals surface area (Å²) in [5, 5.41) is -1.45. The van der Waals surface area contributed by atoms with Gasteiger partial charge in [-0.2, -0.15) is 0 Å². The van der Waals surface area contributed by atoms with Crippen LogP contribution in [0.2, 0.25) is 0 Å². The third-order valence-electron chi connectivity index (χ3n) is 2.33. The van der Waals surface area contributed by atoms with E-state index in [4.69, 9.17) is 9.05 Å². The number of hydrogen-bond acceptors (Lipinski definition) is 5. The standard InChI is InChI=1S/C10H18F3N2O3P/c1-5-9(4,14-8-15-10(11,12)13)19(16,17-6-2)18-7-3/h5-7H2,1-4H3. The third-order valence-corrected chi connectivity index (χ3v) is 5.12. The van der Waals surface area contributed by atoms with Gasteiger partial charge in [0.25, 0.3) is 0 Å². The van der Waals surface area contributed by atoms with Gasteiger partial charge in [-0.15, -0.1) is 18.2 Å². The summed E-state index contributed by atoms with van der Waals surface area (Å²) < 4.78 is 58.4. The molecule has 0 heterocycles. The summed E-state index contributed by atoms with van der Waals surface area (Å²) in [4.78, 5) is 5.69. The van der Waals surface area contributed by atoms with Crippen LogP contribution in [0.4, 0.5) is 13.2 Å². The monoisotopic (exact) mass is 302 g/mol. The SMILES string of the molecule is CCOP(=O)(OCC)C(C)(CC)N=C=NC(F)(F)F. The lowest BCUT2D eigenvalue weighted by atomic mass is 10.3. The highest BCUT2D eigenvalue weighted by Crippen LogP contribution is 2.61. The summed E-state index contributed by atoms with van der Waals surface area (Å²) in [7, 11) is -3.68. The molecule has 0 saturated heterocycles. The van der Waals surface area contributed by atoms with Crippen LogP contribution in [0.5, 0.6) is 0 Å². The predicted molar refractivity (Wildman–Crippen MR) is 65.5 cm³/mol. The second kappa shape index (κ2) is 7.20. The van der Waals surface area contributed by atoms with Gasteiger partial charge < -0.3 is 9.05 Å². The van der Waals surface area contributed by atoms with Crippen LogP contribution in [0.1, 0.15) is 34.1 Å². The van der Waals surface area contributed by atoms with E-state index in [-0.39, 0.29) is 19.6 Å². The van der Waals surface area contributed by atoms with Crippen molar-refractivity contribution in [2.24, 2.45) is 9.98 Å². The van der Waals surface area contributed by atoms with E-state index >= 15 is 0 Å². The number of hydrogen-bond donors (Lipinski definition) is 0. The molecule has 0 spiro atoms. The van der Waals surface area contributed by atoms with E-state index in [2.05, 4.69) is 9.98 Å². The van der Waals surface area contributed by atoms with E-state index in [1.54, 1.807) is 20.8 Å². The summed E-state index contributed by atoms with van der Waals surface area (Å²) >= 11 is 0. The van der Waals surface area contributed by atoms with Crippen LogP contribution >= 0.6 is 7.60 Å². The Morgan fingerprint density at radius 3 is 1.89 bits per heavy atom. The van der Waals surface area contributed by atoms with Crippen LogP contribution in [-0.4, -0.2) is 30.8 Å². The smallest absolute Gasteiger partial charge is 0.307 e. The molecule has 0 aromatic rings. The van der Waals surface area contributed by atoms with E-state index < -0.39 is 19.2 Å². The van der Waals surface area contributed by atoms with Crippen molar-refractivity contribution in [3.8, 4) is 0 Å². The molecule has 0 aliphatic heterocycles. The number of nitrogens with zero attached hydrogens (tertiary/aromatic N) is 2. The van der Waals surface area contributed by atoms with Gasteiger partial charge in [-0.3, -0.25) is 4.57 Å². The molecule has 19 heavy (non-hydrogen) atoms. The summed E-state index contributed by atoms with van der Waals surface area (Å²) in [6.45, 7) is 6.41. The Labute approximate surface area is 110 Å². The molecule has 0 N–H and O–H groups in total. The van der Waals surface area contributed by atoms with Crippen molar-refractivity contribution in [3.63, 3.8) is 0 Å². The van der Waals surface area contributed by atoms with Crippen molar-refractivity contribution in [3.05, 3.63) is 0 Å². The Morgan fingerprint density at radius 1 is 1.11 bits per heavy atom. The average molecular weight is 302 g/mol. The maximum atomic E-state index is 12.5. The predicted octanol–water partition coefficient (Wildman–Crippen LogP) is 4.07. The minimum Gasteiger partial charge on any atom is -0.307 e. The van der Waals surface area contributed by atoms with E-state index in [1.807, 2.05) is 0 Å². The minimum atomic E-state index is -4.76. The summed E-state index contributed by atoms with van der Waals surface area (Å²) in [5.41, 5.74) is 0. The van der Waals surface area contributed by atoms with Gasteiger partial charge in [-0.1, -0.05) is 6.92 Å². The first-order valence-corrected chi connectivity index (χ1v) is 7.33. The molecule has 0 aliphatic carbocycles. The van der Waals surface area contributed by atoms with Crippen molar-refractivity contribution in [2.45, 2.75) is 45.7 Å². The van der Waals surface area contributed by atoms with Gasteiger partial charge in [-0.05, 0) is 27.2 Å². The first kappa shape index (κ1) is 18.3. The number of rotatable bonds is 7. The van der Waals surface area contributed by atoms with Crippen molar-refractivity contribution in [2.75, 3.05) is 13.2 Å². The highest BCUT2D eigenvalue weighted by molar-refractivity contribution is 7.55. The number of aliphatic imine (C=N–C) groups is 2. The fourth-order valence-corrected chi connectivity index (χ4v) is 3.04. The second-order valence-electron chi connectivity index (χ2n) is 3.70. The topological polar surface area (TPSA) is 60.2 Å². The maximum Gasteiger partial charge on any atom is 0.512 e. The molecule has 0 saturated carbocycles. The van der Waals surface area contributed by atoms with Crippen molar-refractivity contribution < 1.29 is 26.8 Å². The molecular weight excluding hydrogens is 284 g/mol. The number of halogens is 3. The van der Waals surface area contributed by atoms with Crippen molar-refractivity contribution in [1.29, 1.82) is 0 Å². The first-order valence-electron chi connectivity index (χ1n) is 5.78. The van der Waals surface area contributed by atoms with E-state index in [0.29, 0.717) is 0 Å². The van der Waals surface area contributed by atoms with Crippen molar-refractivity contribution in [1.82, 2.24) is 0 Å². The molecular formula is C10H18F3N2O3P. The van der Waals surface area contributed by atoms with Crippen LogP contribution in [-0.2, 0) is 13.6 Å². The molecule has 0 fully saturated rings. The largest absolute Gasteiger partial charge is 0.512 e. The molecule has 112 valence electrons. The van der Waals surface area contributed by atoms with Crippen LogP contribution in [0, 0.1) is 0 Å². The Morgan fingerprint density at radius 2 is 1.58 bits per heavy atom. The third kappa shape index (κ3) is 5.45. The zero-order valence-electron chi connectivity index (χ0n) is 11.3. The zero-order chi connectivity index (χ0) is 15.2. The maximum absolute atomic E-state index is 12.5. The van der Waals surface area contributed by atoms with E-state index in [1.165, 1.54) is 12.9 Å². The lowest BCUT2D eigenvalue weighted by molar-refractivity contribution is -0.118. The Hall–Kier alpha value is -0.680. The highest BCUT2D eigenvalue weighted by Gasteiger charge is 2.46. The second-order valence-corrected chi connectivity index (χ2v) is 6.17. The molecule has 0 aliphatic rings. The summed E-state index contributed by atoms with van der Waals surface area (Å²) in [5.74, 6) is 0. The zero-order valence-corrected chi connectivity index (χ0v) is 12.2. The average Bonchev–Trinajstić information content (AvgIpc) is 2.27. The molecule has 0 aromatic carbocycles. The van der Waals surface area contributed by atoms with Gasteiger partial charge in [-0.25, -0.2) is 4.99 Å². The minimum absolute atomic E-state index is 0.0960. The van der Waals surface area contributed by atoms with Gasteiger partial charge in [0.15, 0.2) is 5.28 Å². The fourth-order valence-electron chi connectivity index (χ4n) is 1.18. The summed E-state index contributed by atoms with van der Waals surface area (Å²) in [6, 6.07) is 1.53. The van der Waals surface area contributed by atoms with Crippen LogP contribution in [0.3, 0.4) is 0 Å². The molecule has 1 atom stereocenters. The molecule has 0 rings (SSSR count). The lowest BCUT2D eigenvalue weighted by Crippen LogP contribution is -2.24. The van der Waals surface area contributed by atoms with E-state index in [0.717, 1.165) is 0 Å². The van der Waals surface area contributed by atoms with Crippen LogP contribution < -0.4 is 0 Å². The van der Waals surface area contributed by atoms with Crippen molar-refractivity contribution >= 4 is 13.6 Å². The molecule has 0 radical (unpaired) electrons. The molecule has 0 aromatic heterocycles. The van der Waals surface area contributed by atoms with E-state index in [9.17, 15) is 17.7 Å². The summed E-state index contributed by atoms with van der Waals surface area (Å²) in [6.07, 6.45) is -4.61. The molecule has 0 amide bonds. The van der Waals surface area contributed by atoms with Crippen LogP contribution in [0.15, 0.2) is 9.98 Å². The lowest BCUT2D eigenvalue weighted by Gasteiger charge is -2.30. The van der Waals surface area contributed by atoms with Gasteiger partial charge in [0.05, 0.1) is 19.2 Å². The quantitative estimate of drug-likeness (QED) is 0.404. The first-order chi connectivity index (χ1) is 8.64. The normalized spacial score (nSPS) is 15.5. The van der Waals surface area contributed by atoms with Gasteiger partial charge in [0.2, 0.25) is 0 Å². The van der Waals surface area contributed by atoms with Gasteiger partial charge in [0, 0.05) is 0 Å².